The lowest BCUT2D eigenvalue weighted by atomic mass is 10.2. The number of hydrogen-bond donors (Lipinski definition) is 0. The lowest BCUT2D eigenvalue weighted by molar-refractivity contribution is -0.385. The SMILES string of the molecule is Cn1ncc([N+](=O)[O-])c1C(=O)N1CCN(Cc2ccc(Cl)cc2)CC1. The molecule has 1 aromatic carbocycles. The van der Waals surface area contributed by atoms with Crippen molar-refractivity contribution in [2.45, 2.75) is 6.54 Å². The smallest absolute Gasteiger partial charge is 0.320 e. The summed E-state index contributed by atoms with van der Waals surface area (Å²) in [5.74, 6) is -0.349. The predicted octanol–water partition coefficient (Wildman–Crippen LogP) is 1.94. The molecule has 1 fully saturated rings. The number of amides is 1. The number of aromatic nitrogens is 2. The Hall–Kier alpha value is -2.45. The molecule has 2 aromatic rings. The van der Waals surface area contributed by atoms with Gasteiger partial charge in [-0.2, -0.15) is 5.10 Å². The van der Waals surface area contributed by atoms with Crippen LogP contribution < -0.4 is 0 Å². The van der Waals surface area contributed by atoms with E-state index in [1.807, 2.05) is 24.3 Å². The second-order valence-electron chi connectivity index (χ2n) is 5.95. The van der Waals surface area contributed by atoms with E-state index in [1.165, 1.54) is 11.7 Å². The Morgan fingerprint density at radius 2 is 1.88 bits per heavy atom. The molecule has 0 saturated carbocycles. The van der Waals surface area contributed by atoms with Crippen LogP contribution in [0.3, 0.4) is 0 Å². The molecule has 0 unspecified atom stereocenters. The second kappa shape index (κ2) is 7.20. The zero-order valence-corrected chi connectivity index (χ0v) is 14.5. The van der Waals surface area contributed by atoms with Crippen LogP contribution in [0.5, 0.6) is 0 Å². The van der Waals surface area contributed by atoms with Crippen LogP contribution in [0.1, 0.15) is 16.1 Å². The first-order valence-corrected chi connectivity index (χ1v) is 8.26. The van der Waals surface area contributed by atoms with Gasteiger partial charge in [-0.15, -0.1) is 0 Å². The summed E-state index contributed by atoms with van der Waals surface area (Å²) in [6, 6.07) is 7.69. The van der Waals surface area contributed by atoms with E-state index in [0.717, 1.165) is 18.3 Å². The third-order valence-electron chi connectivity index (χ3n) is 4.30. The van der Waals surface area contributed by atoms with Gasteiger partial charge in [0, 0.05) is 44.8 Å². The Labute approximate surface area is 149 Å². The number of aryl methyl sites for hydroxylation is 1. The molecule has 1 saturated heterocycles. The normalized spacial score (nSPS) is 15.4. The molecule has 3 rings (SSSR count). The molecule has 0 bridgehead atoms. The molecule has 1 aliphatic rings. The molecule has 1 aromatic heterocycles. The third-order valence-corrected chi connectivity index (χ3v) is 4.55. The summed E-state index contributed by atoms with van der Waals surface area (Å²) in [6.07, 6.45) is 1.12. The highest BCUT2D eigenvalue weighted by atomic mass is 35.5. The van der Waals surface area contributed by atoms with Crippen LogP contribution in [-0.2, 0) is 13.6 Å². The third kappa shape index (κ3) is 3.80. The number of halogens is 1. The number of carbonyl (C=O) groups excluding carboxylic acids is 1. The van der Waals surface area contributed by atoms with Crippen molar-refractivity contribution in [2.24, 2.45) is 7.05 Å². The van der Waals surface area contributed by atoms with Crippen molar-refractivity contribution in [3.63, 3.8) is 0 Å². The Balaban J connectivity index is 1.62. The van der Waals surface area contributed by atoms with Gasteiger partial charge in [-0.3, -0.25) is 24.5 Å². The molecule has 1 aliphatic heterocycles. The van der Waals surface area contributed by atoms with Crippen molar-refractivity contribution in [3.8, 4) is 0 Å². The number of benzene rings is 1. The Morgan fingerprint density at radius 3 is 2.48 bits per heavy atom. The number of hydrogen-bond acceptors (Lipinski definition) is 5. The Bertz CT molecular complexity index is 782. The summed E-state index contributed by atoms with van der Waals surface area (Å²) >= 11 is 5.89. The zero-order chi connectivity index (χ0) is 18.0. The van der Waals surface area contributed by atoms with Crippen LogP contribution in [0.2, 0.25) is 5.02 Å². The van der Waals surface area contributed by atoms with Gasteiger partial charge >= 0.3 is 5.69 Å². The summed E-state index contributed by atoms with van der Waals surface area (Å²) in [5, 5.41) is 15.6. The molecule has 9 heteroatoms. The second-order valence-corrected chi connectivity index (χ2v) is 6.39. The first-order valence-electron chi connectivity index (χ1n) is 7.88. The molecule has 0 spiro atoms. The summed E-state index contributed by atoms with van der Waals surface area (Å²) in [4.78, 5) is 27.0. The monoisotopic (exact) mass is 363 g/mol. The fourth-order valence-corrected chi connectivity index (χ4v) is 3.04. The van der Waals surface area contributed by atoms with Gasteiger partial charge < -0.3 is 4.90 Å². The maximum Gasteiger partial charge on any atom is 0.320 e. The van der Waals surface area contributed by atoms with E-state index >= 15 is 0 Å². The number of nitrogens with zero attached hydrogens (tertiary/aromatic N) is 5. The van der Waals surface area contributed by atoms with E-state index in [1.54, 1.807) is 4.90 Å². The van der Waals surface area contributed by atoms with Crippen molar-refractivity contribution >= 4 is 23.2 Å². The fraction of sp³-hybridized carbons (Fsp3) is 0.375. The van der Waals surface area contributed by atoms with Gasteiger partial charge in [0.15, 0.2) is 0 Å². The molecular formula is C16H18ClN5O3. The standard InChI is InChI=1S/C16H18ClN5O3/c1-19-15(14(10-18-19)22(24)25)16(23)21-8-6-20(7-9-21)11-12-2-4-13(17)5-3-12/h2-5,10H,6-9,11H2,1H3. The number of piperazine rings is 1. The van der Waals surface area contributed by atoms with E-state index in [-0.39, 0.29) is 17.3 Å². The molecule has 0 radical (unpaired) electrons. The topological polar surface area (TPSA) is 84.5 Å². The van der Waals surface area contributed by atoms with Crippen LogP contribution in [0, 0.1) is 10.1 Å². The van der Waals surface area contributed by atoms with E-state index in [2.05, 4.69) is 10.00 Å². The lowest BCUT2D eigenvalue weighted by Gasteiger charge is -2.34. The molecule has 0 N–H and O–H groups in total. The maximum absolute atomic E-state index is 12.6. The van der Waals surface area contributed by atoms with Crippen LogP contribution in [0.4, 0.5) is 5.69 Å². The van der Waals surface area contributed by atoms with E-state index in [4.69, 9.17) is 11.6 Å². The molecule has 132 valence electrons. The highest BCUT2D eigenvalue weighted by molar-refractivity contribution is 6.30. The van der Waals surface area contributed by atoms with Crippen molar-refractivity contribution in [3.05, 3.63) is 56.9 Å². The van der Waals surface area contributed by atoms with Crippen LogP contribution >= 0.6 is 11.6 Å². The fourth-order valence-electron chi connectivity index (χ4n) is 2.91. The predicted molar refractivity (Wildman–Crippen MR) is 92.5 cm³/mol. The zero-order valence-electron chi connectivity index (χ0n) is 13.8. The van der Waals surface area contributed by atoms with Gasteiger partial charge in [0.2, 0.25) is 5.69 Å². The van der Waals surface area contributed by atoms with E-state index in [0.29, 0.717) is 31.2 Å². The molecule has 0 aliphatic carbocycles. The quantitative estimate of drug-likeness (QED) is 0.612. The molecule has 25 heavy (non-hydrogen) atoms. The first kappa shape index (κ1) is 17.4. The Kier molecular flexibility index (Phi) is 5.00. The Morgan fingerprint density at radius 1 is 1.24 bits per heavy atom. The van der Waals surface area contributed by atoms with Crippen molar-refractivity contribution in [1.29, 1.82) is 0 Å². The van der Waals surface area contributed by atoms with Gasteiger partial charge in [0.1, 0.15) is 6.20 Å². The maximum atomic E-state index is 12.6. The van der Waals surface area contributed by atoms with Crippen molar-refractivity contribution in [2.75, 3.05) is 26.2 Å². The summed E-state index contributed by atoms with van der Waals surface area (Å²) in [5.41, 5.74) is 0.929. The number of carbonyl (C=O) groups is 1. The van der Waals surface area contributed by atoms with Crippen LogP contribution in [0.15, 0.2) is 30.5 Å². The average Bonchev–Trinajstić information content (AvgIpc) is 2.99. The van der Waals surface area contributed by atoms with Gasteiger partial charge in [0.05, 0.1) is 4.92 Å². The summed E-state index contributed by atoms with van der Waals surface area (Å²) in [7, 11) is 1.54. The minimum absolute atomic E-state index is 0.0242. The van der Waals surface area contributed by atoms with E-state index < -0.39 is 4.92 Å². The van der Waals surface area contributed by atoms with Crippen LogP contribution in [-0.4, -0.2) is 56.6 Å². The average molecular weight is 364 g/mol. The highest BCUT2D eigenvalue weighted by Crippen LogP contribution is 2.20. The number of nitro groups is 1. The summed E-state index contributed by atoms with van der Waals surface area (Å²) in [6.45, 7) is 3.24. The van der Waals surface area contributed by atoms with Gasteiger partial charge in [0.25, 0.3) is 5.91 Å². The minimum Gasteiger partial charge on any atom is -0.335 e. The number of rotatable bonds is 4. The van der Waals surface area contributed by atoms with E-state index in [9.17, 15) is 14.9 Å². The van der Waals surface area contributed by atoms with Crippen molar-refractivity contribution in [1.82, 2.24) is 19.6 Å². The van der Waals surface area contributed by atoms with Gasteiger partial charge in [-0.05, 0) is 17.7 Å². The largest absolute Gasteiger partial charge is 0.335 e. The molecule has 0 atom stereocenters. The molecule has 1 amide bonds. The molecule has 2 heterocycles. The van der Waals surface area contributed by atoms with Gasteiger partial charge in [-0.25, -0.2) is 0 Å². The van der Waals surface area contributed by atoms with Crippen LogP contribution in [0.25, 0.3) is 0 Å². The highest BCUT2D eigenvalue weighted by Gasteiger charge is 2.31. The lowest BCUT2D eigenvalue weighted by Crippen LogP contribution is -2.48. The molecule has 8 nitrogen and oxygen atoms in total. The first-order chi connectivity index (χ1) is 12.0. The van der Waals surface area contributed by atoms with Crippen molar-refractivity contribution < 1.29 is 9.72 Å². The molecular weight excluding hydrogens is 346 g/mol. The minimum atomic E-state index is -0.572. The summed E-state index contributed by atoms with van der Waals surface area (Å²) < 4.78 is 1.26. The van der Waals surface area contributed by atoms with Gasteiger partial charge in [-0.1, -0.05) is 23.7 Å².